The molecule has 0 unspecified atom stereocenters. The van der Waals surface area contributed by atoms with Crippen molar-refractivity contribution in [3.8, 4) is 11.3 Å². The highest BCUT2D eigenvalue weighted by Crippen LogP contribution is 2.36. The highest BCUT2D eigenvalue weighted by molar-refractivity contribution is 8.00. The number of hydrogen-bond acceptors (Lipinski definition) is 4. The second kappa shape index (κ2) is 12.4. The number of hydrogen-bond donors (Lipinski definition) is 2. The Morgan fingerprint density at radius 2 is 1.76 bits per heavy atom. The minimum atomic E-state index is -5.08. The molecule has 0 bridgehead atoms. The molecule has 5 rings (SSSR count). The van der Waals surface area contributed by atoms with Gasteiger partial charge in [-0.3, -0.25) is 4.40 Å². The van der Waals surface area contributed by atoms with Crippen LogP contribution in [-0.4, -0.2) is 31.9 Å². The van der Waals surface area contributed by atoms with Gasteiger partial charge in [0.2, 0.25) is 0 Å². The number of pyridine rings is 1. The number of aromatic nitrogens is 2. The quantitative estimate of drug-likeness (QED) is 0.259. The highest BCUT2D eigenvalue weighted by atomic mass is 32.2. The van der Waals surface area contributed by atoms with E-state index in [0.717, 1.165) is 29.0 Å². The number of thioether (sulfide) groups is 1. The maximum absolute atomic E-state index is 10.6. The first kappa shape index (κ1) is 27.6. The molecule has 0 spiro atoms. The van der Waals surface area contributed by atoms with E-state index < -0.39 is 12.1 Å². The summed E-state index contributed by atoms with van der Waals surface area (Å²) in [6, 6.07) is 23.8. The second-order valence-corrected chi connectivity index (χ2v) is 10.7. The third-order valence-electron chi connectivity index (χ3n) is 6.29. The van der Waals surface area contributed by atoms with Crippen molar-refractivity contribution < 1.29 is 23.1 Å². The number of nitrogens with zero attached hydrogens (tertiary/aromatic N) is 2. The van der Waals surface area contributed by atoms with Gasteiger partial charge in [0.05, 0.1) is 0 Å². The molecule has 4 aromatic rings. The number of imidazole rings is 1. The van der Waals surface area contributed by atoms with Crippen LogP contribution in [0.4, 0.5) is 19.0 Å². The summed E-state index contributed by atoms with van der Waals surface area (Å²) >= 11 is 2.04. The molecular formula is C29H30F3N3O2S. The average Bonchev–Trinajstić information content (AvgIpc) is 3.26. The number of anilines is 1. The fourth-order valence-corrected chi connectivity index (χ4v) is 5.70. The van der Waals surface area contributed by atoms with Crippen LogP contribution < -0.4 is 5.32 Å². The summed E-state index contributed by atoms with van der Waals surface area (Å²) in [6.07, 6.45) is 3.86. The van der Waals surface area contributed by atoms with Gasteiger partial charge in [-0.15, -0.1) is 11.8 Å². The molecule has 0 atom stereocenters. The van der Waals surface area contributed by atoms with Gasteiger partial charge >= 0.3 is 12.1 Å². The molecule has 0 radical (unpaired) electrons. The molecule has 1 saturated carbocycles. The Morgan fingerprint density at radius 1 is 1.05 bits per heavy atom. The van der Waals surface area contributed by atoms with E-state index in [2.05, 4.69) is 89.6 Å². The number of halogens is 3. The molecule has 200 valence electrons. The number of carboxylic acid groups (broad SMARTS) is 1. The normalized spacial score (nSPS) is 14.1. The van der Waals surface area contributed by atoms with Gasteiger partial charge in [0, 0.05) is 28.5 Å². The Morgan fingerprint density at radius 3 is 2.45 bits per heavy atom. The molecule has 0 saturated heterocycles. The van der Waals surface area contributed by atoms with Gasteiger partial charge in [0.25, 0.3) is 0 Å². The molecule has 38 heavy (non-hydrogen) atoms. The lowest BCUT2D eigenvalue weighted by Gasteiger charge is -2.21. The molecule has 2 aromatic carbocycles. The van der Waals surface area contributed by atoms with Crippen molar-refractivity contribution in [2.75, 3.05) is 5.32 Å². The first-order valence-corrected chi connectivity index (χ1v) is 13.4. The summed E-state index contributed by atoms with van der Waals surface area (Å²) in [4.78, 5) is 15.3. The van der Waals surface area contributed by atoms with E-state index in [1.165, 1.54) is 53.7 Å². The van der Waals surface area contributed by atoms with Crippen molar-refractivity contribution in [2.24, 2.45) is 0 Å². The zero-order valence-electron chi connectivity index (χ0n) is 21.0. The molecule has 2 heterocycles. The number of aliphatic carboxylic acids is 1. The molecule has 0 aliphatic heterocycles. The van der Waals surface area contributed by atoms with Crippen LogP contribution in [-0.2, 0) is 11.3 Å². The van der Waals surface area contributed by atoms with E-state index in [-0.39, 0.29) is 0 Å². The molecule has 5 nitrogen and oxygen atoms in total. The number of benzene rings is 2. The van der Waals surface area contributed by atoms with Gasteiger partial charge in [0.15, 0.2) is 0 Å². The van der Waals surface area contributed by atoms with Gasteiger partial charge < -0.3 is 10.4 Å². The molecule has 1 aliphatic rings. The molecular weight excluding hydrogens is 511 g/mol. The minimum absolute atomic E-state index is 0.753. The minimum Gasteiger partial charge on any atom is -0.475 e. The summed E-state index contributed by atoms with van der Waals surface area (Å²) in [5.74, 6) is -1.70. The van der Waals surface area contributed by atoms with Gasteiger partial charge in [-0.1, -0.05) is 61.7 Å². The number of carboxylic acids is 1. The van der Waals surface area contributed by atoms with Crippen LogP contribution in [0.3, 0.4) is 0 Å². The van der Waals surface area contributed by atoms with Gasteiger partial charge in [-0.05, 0) is 55.2 Å². The van der Waals surface area contributed by atoms with E-state index in [4.69, 9.17) is 14.9 Å². The van der Waals surface area contributed by atoms with Crippen LogP contribution in [0.15, 0.2) is 77.8 Å². The van der Waals surface area contributed by atoms with Crippen LogP contribution in [0.1, 0.15) is 43.2 Å². The van der Waals surface area contributed by atoms with E-state index in [0.29, 0.717) is 0 Å². The average molecular weight is 542 g/mol. The van der Waals surface area contributed by atoms with Crippen LogP contribution in [0.2, 0.25) is 0 Å². The van der Waals surface area contributed by atoms with Crippen LogP contribution in [0.25, 0.3) is 16.9 Å². The zero-order valence-corrected chi connectivity index (χ0v) is 21.9. The van der Waals surface area contributed by atoms with Crippen LogP contribution in [0, 0.1) is 6.92 Å². The van der Waals surface area contributed by atoms with Crippen molar-refractivity contribution in [1.29, 1.82) is 0 Å². The third-order valence-corrected chi connectivity index (χ3v) is 7.62. The largest absolute Gasteiger partial charge is 0.490 e. The zero-order chi connectivity index (χ0) is 27.1. The molecule has 9 heteroatoms. The Hall–Kier alpha value is -3.46. The summed E-state index contributed by atoms with van der Waals surface area (Å²) < 4.78 is 33.9. The van der Waals surface area contributed by atoms with Crippen molar-refractivity contribution >= 4 is 29.2 Å². The van der Waals surface area contributed by atoms with Crippen LogP contribution >= 0.6 is 11.8 Å². The fourth-order valence-electron chi connectivity index (χ4n) is 4.39. The maximum atomic E-state index is 10.6. The highest BCUT2D eigenvalue weighted by Gasteiger charge is 2.38. The number of carbonyl (C=O) groups is 1. The van der Waals surface area contributed by atoms with E-state index in [1.807, 2.05) is 11.8 Å². The molecule has 2 aromatic heterocycles. The SMILES string of the molecule is Cc1ccn2c(NCc3ccccc3)c(-c3cccc(SC4CCCCC4)c3)nc2c1.O=C(O)C(F)(F)F. The first-order valence-electron chi connectivity index (χ1n) is 12.5. The Bertz CT molecular complexity index is 1370. The lowest BCUT2D eigenvalue weighted by Crippen LogP contribution is -2.21. The maximum Gasteiger partial charge on any atom is 0.490 e. The third kappa shape index (κ3) is 7.31. The van der Waals surface area contributed by atoms with E-state index in [1.54, 1.807) is 0 Å². The van der Waals surface area contributed by atoms with Gasteiger partial charge in [0.1, 0.15) is 17.2 Å². The second-order valence-electron chi connectivity index (χ2n) is 9.29. The predicted octanol–water partition coefficient (Wildman–Crippen LogP) is 7.98. The number of fused-ring (bicyclic) bond motifs is 1. The van der Waals surface area contributed by atoms with E-state index in [9.17, 15) is 13.2 Å². The van der Waals surface area contributed by atoms with E-state index >= 15 is 0 Å². The van der Waals surface area contributed by atoms with Crippen molar-refractivity contribution in [3.63, 3.8) is 0 Å². The van der Waals surface area contributed by atoms with Crippen molar-refractivity contribution in [2.45, 2.75) is 61.9 Å². The Balaban J connectivity index is 0.000000426. The monoisotopic (exact) mass is 541 g/mol. The smallest absolute Gasteiger partial charge is 0.475 e. The topological polar surface area (TPSA) is 66.6 Å². The number of rotatable bonds is 6. The fraction of sp³-hybridized carbons (Fsp3) is 0.310. The van der Waals surface area contributed by atoms with Crippen LogP contribution in [0.5, 0.6) is 0 Å². The summed E-state index contributed by atoms with van der Waals surface area (Å²) in [7, 11) is 0. The first-order chi connectivity index (χ1) is 18.2. The number of nitrogens with one attached hydrogen (secondary N) is 1. The van der Waals surface area contributed by atoms with Gasteiger partial charge in [-0.25, -0.2) is 9.78 Å². The Kier molecular flexibility index (Phi) is 8.99. The summed E-state index contributed by atoms with van der Waals surface area (Å²) in [5, 5.41) is 11.5. The standard InChI is InChI=1S/C27H29N3S.C2HF3O2/c1-20-15-16-30-25(17-20)29-26(27(30)28-19-21-9-4-2-5-10-21)22-11-8-14-24(18-22)31-23-12-6-3-7-13-23;3-2(4,5)1(6)7/h2,4-5,8-11,14-18,23,28H,3,6-7,12-13,19H2,1H3;(H,6,7). The molecule has 0 amide bonds. The Labute approximate surface area is 224 Å². The lowest BCUT2D eigenvalue weighted by molar-refractivity contribution is -0.192. The molecule has 1 fully saturated rings. The molecule has 2 N–H and O–H groups in total. The van der Waals surface area contributed by atoms with Crippen molar-refractivity contribution in [1.82, 2.24) is 9.38 Å². The number of aryl methyl sites for hydroxylation is 1. The molecule has 1 aliphatic carbocycles. The van der Waals surface area contributed by atoms with Crippen molar-refractivity contribution in [3.05, 3.63) is 84.1 Å². The summed E-state index contributed by atoms with van der Waals surface area (Å²) in [6.45, 7) is 2.89. The number of alkyl halides is 3. The lowest BCUT2D eigenvalue weighted by atomic mass is 10.0. The summed E-state index contributed by atoms with van der Waals surface area (Å²) in [5.41, 5.74) is 5.67. The van der Waals surface area contributed by atoms with Gasteiger partial charge in [-0.2, -0.15) is 13.2 Å². The predicted molar refractivity (Wildman–Crippen MR) is 146 cm³/mol.